The summed E-state index contributed by atoms with van der Waals surface area (Å²) in [5, 5.41) is 11.4. The molecule has 0 saturated carbocycles. The Hall–Kier alpha value is -0.570. The molecule has 3 heteroatoms. The number of carboxylic acid groups (broad SMARTS) is 1. The van der Waals surface area contributed by atoms with Gasteiger partial charge in [0.2, 0.25) is 0 Å². The van der Waals surface area contributed by atoms with Crippen molar-refractivity contribution in [1.29, 1.82) is 0 Å². The molecule has 0 spiro atoms. The highest BCUT2D eigenvalue weighted by Gasteiger charge is 2.09. The van der Waals surface area contributed by atoms with Gasteiger partial charge in [-0.15, -0.1) is 0 Å². The third-order valence-electron chi connectivity index (χ3n) is 1.84. The molecule has 2 N–H and O–H groups in total. The van der Waals surface area contributed by atoms with Crippen LogP contribution >= 0.6 is 0 Å². The molecule has 11 heavy (non-hydrogen) atoms. The van der Waals surface area contributed by atoms with Gasteiger partial charge >= 0.3 is 5.97 Å². The lowest BCUT2D eigenvalue weighted by Gasteiger charge is -2.12. The zero-order valence-electron chi connectivity index (χ0n) is 7.42. The molecule has 3 nitrogen and oxygen atoms in total. The standard InChI is InChI=1S/C8H17NO2/c1-4-6(2)5-9-7(3)8(10)11/h6-7,9H,4-5H2,1-3H3,(H,10,11)/t6?,7-/m0/s1. The van der Waals surface area contributed by atoms with Gasteiger partial charge in [-0.2, -0.15) is 0 Å². The van der Waals surface area contributed by atoms with E-state index in [-0.39, 0.29) is 0 Å². The summed E-state index contributed by atoms with van der Waals surface area (Å²) in [6.07, 6.45) is 1.08. The third kappa shape index (κ3) is 4.79. The van der Waals surface area contributed by atoms with E-state index >= 15 is 0 Å². The van der Waals surface area contributed by atoms with Crippen LogP contribution in [0.4, 0.5) is 0 Å². The van der Waals surface area contributed by atoms with E-state index in [2.05, 4.69) is 19.2 Å². The number of hydrogen-bond donors (Lipinski definition) is 2. The van der Waals surface area contributed by atoms with Crippen LogP contribution in [0.3, 0.4) is 0 Å². The minimum atomic E-state index is -0.784. The van der Waals surface area contributed by atoms with E-state index in [1.54, 1.807) is 6.92 Å². The number of aliphatic carboxylic acids is 1. The molecule has 0 aromatic rings. The van der Waals surface area contributed by atoms with Gasteiger partial charge in [0.25, 0.3) is 0 Å². The Morgan fingerprint density at radius 1 is 1.55 bits per heavy atom. The highest BCUT2D eigenvalue weighted by molar-refractivity contribution is 5.72. The molecule has 0 radical (unpaired) electrons. The summed E-state index contributed by atoms with van der Waals surface area (Å²) in [5.41, 5.74) is 0. The van der Waals surface area contributed by atoms with E-state index in [0.29, 0.717) is 5.92 Å². The maximum absolute atomic E-state index is 10.3. The fraction of sp³-hybridized carbons (Fsp3) is 0.875. The normalized spacial score (nSPS) is 15.9. The molecule has 0 fully saturated rings. The predicted octanol–water partition coefficient (Wildman–Crippen LogP) is 1.10. The van der Waals surface area contributed by atoms with E-state index in [9.17, 15) is 4.79 Å². The van der Waals surface area contributed by atoms with Gasteiger partial charge in [-0.05, 0) is 19.4 Å². The van der Waals surface area contributed by atoms with Crippen molar-refractivity contribution in [2.75, 3.05) is 6.54 Å². The lowest BCUT2D eigenvalue weighted by atomic mass is 10.1. The van der Waals surface area contributed by atoms with Crippen LogP contribution in [-0.2, 0) is 4.79 Å². The van der Waals surface area contributed by atoms with Gasteiger partial charge < -0.3 is 10.4 Å². The van der Waals surface area contributed by atoms with Crippen LogP contribution < -0.4 is 5.32 Å². The molecule has 0 aliphatic rings. The molecule has 2 atom stereocenters. The fourth-order valence-electron chi connectivity index (χ4n) is 0.610. The molecular formula is C8H17NO2. The van der Waals surface area contributed by atoms with Gasteiger partial charge in [0.1, 0.15) is 6.04 Å². The van der Waals surface area contributed by atoms with Gasteiger partial charge in [0, 0.05) is 0 Å². The summed E-state index contributed by atoms with van der Waals surface area (Å²) in [6, 6.07) is -0.427. The van der Waals surface area contributed by atoms with Crippen molar-refractivity contribution in [2.24, 2.45) is 5.92 Å². The van der Waals surface area contributed by atoms with Crippen molar-refractivity contribution < 1.29 is 9.90 Å². The van der Waals surface area contributed by atoms with Crippen molar-refractivity contribution in [1.82, 2.24) is 5.32 Å². The highest BCUT2D eigenvalue weighted by atomic mass is 16.4. The molecule has 0 aliphatic heterocycles. The molecule has 0 heterocycles. The monoisotopic (exact) mass is 159 g/mol. The first-order chi connectivity index (χ1) is 5.07. The average Bonchev–Trinajstić information content (AvgIpc) is 1.99. The van der Waals surface area contributed by atoms with E-state index in [1.165, 1.54) is 0 Å². The Bertz CT molecular complexity index is 125. The molecule has 0 aromatic heterocycles. The van der Waals surface area contributed by atoms with E-state index in [1.807, 2.05) is 0 Å². The number of carboxylic acids is 1. The Morgan fingerprint density at radius 2 is 2.09 bits per heavy atom. The van der Waals surface area contributed by atoms with Gasteiger partial charge in [-0.25, -0.2) is 0 Å². The molecule has 0 rings (SSSR count). The van der Waals surface area contributed by atoms with Crippen molar-refractivity contribution >= 4 is 5.97 Å². The van der Waals surface area contributed by atoms with Crippen LogP contribution in [0.25, 0.3) is 0 Å². The summed E-state index contributed by atoms with van der Waals surface area (Å²) < 4.78 is 0. The second kappa shape index (κ2) is 5.13. The summed E-state index contributed by atoms with van der Waals surface area (Å²) in [4.78, 5) is 10.3. The number of rotatable bonds is 5. The van der Waals surface area contributed by atoms with Crippen molar-refractivity contribution in [2.45, 2.75) is 33.2 Å². The molecule has 0 aromatic carbocycles. The van der Waals surface area contributed by atoms with Crippen molar-refractivity contribution in [3.63, 3.8) is 0 Å². The van der Waals surface area contributed by atoms with Crippen LogP contribution in [0.5, 0.6) is 0 Å². The Labute approximate surface area is 67.8 Å². The van der Waals surface area contributed by atoms with Crippen LogP contribution in [-0.4, -0.2) is 23.7 Å². The van der Waals surface area contributed by atoms with Gasteiger partial charge in [0.05, 0.1) is 0 Å². The molecule has 0 aliphatic carbocycles. The summed E-state index contributed by atoms with van der Waals surface area (Å²) >= 11 is 0. The van der Waals surface area contributed by atoms with E-state index in [4.69, 9.17) is 5.11 Å². The van der Waals surface area contributed by atoms with Crippen molar-refractivity contribution in [3.05, 3.63) is 0 Å². The molecule has 0 amide bonds. The van der Waals surface area contributed by atoms with Crippen LogP contribution in [0.1, 0.15) is 27.2 Å². The second-order valence-corrected chi connectivity index (χ2v) is 2.98. The zero-order valence-corrected chi connectivity index (χ0v) is 7.42. The molecule has 0 saturated heterocycles. The smallest absolute Gasteiger partial charge is 0.320 e. The van der Waals surface area contributed by atoms with Crippen LogP contribution in [0, 0.1) is 5.92 Å². The average molecular weight is 159 g/mol. The van der Waals surface area contributed by atoms with Gasteiger partial charge in [0.15, 0.2) is 0 Å². The Balaban J connectivity index is 3.45. The largest absolute Gasteiger partial charge is 0.480 e. The van der Waals surface area contributed by atoms with Gasteiger partial charge in [-0.3, -0.25) is 4.79 Å². The lowest BCUT2D eigenvalue weighted by Crippen LogP contribution is -2.36. The zero-order chi connectivity index (χ0) is 8.85. The third-order valence-corrected chi connectivity index (χ3v) is 1.84. The van der Waals surface area contributed by atoms with Crippen molar-refractivity contribution in [3.8, 4) is 0 Å². The molecule has 66 valence electrons. The summed E-state index contributed by atoms with van der Waals surface area (Å²) in [7, 11) is 0. The maximum atomic E-state index is 10.3. The van der Waals surface area contributed by atoms with Gasteiger partial charge in [-0.1, -0.05) is 20.3 Å². The Kier molecular flexibility index (Phi) is 4.86. The predicted molar refractivity (Wildman–Crippen MR) is 44.6 cm³/mol. The number of nitrogens with one attached hydrogen (secondary N) is 1. The SMILES string of the molecule is CCC(C)CN[C@@H](C)C(=O)O. The van der Waals surface area contributed by atoms with Crippen LogP contribution in [0.15, 0.2) is 0 Å². The first kappa shape index (κ1) is 10.4. The summed E-state index contributed by atoms with van der Waals surface area (Å²) in [5.74, 6) is -0.231. The number of carbonyl (C=O) groups is 1. The quantitative estimate of drug-likeness (QED) is 0.631. The highest BCUT2D eigenvalue weighted by Crippen LogP contribution is 1.97. The molecule has 0 bridgehead atoms. The molecular weight excluding hydrogens is 142 g/mol. The lowest BCUT2D eigenvalue weighted by molar-refractivity contribution is -0.139. The summed E-state index contributed by atoms with van der Waals surface area (Å²) in [6.45, 7) is 6.63. The van der Waals surface area contributed by atoms with E-state index < -0.39 is 12.0 Å². The van der Waals surface area contributed by atoms with Crippen LogP contribution in [0.2, 0.25) is 0 Å². The topological polar surface area (TPSA) is 49.3 Å². The maximum Gasteiger partial charge on any atom is 0.320 e. The first-order valence-corrected chi connectivity index (χ1v) is 4.04. The second-order valence-electron chi connectivity index (χ2n) is 2.98. The minimum absolute atomic E-state index is 0.427. The molecule has 1 unspecified atom stereocenters. The first-order valence-electron chi connectivity index (χ1n) is 4.04. The Morgan fingerprint density at radius 3 is 2.45 bits per heavy atom. The number of hydrogen-bond acceptors (Lipinski definition) is 2. The minimum Gasteiger partial charge on any atom is -0.480 e. The fourth-order valence-corrected chi connectivity index (χ4v) is 0.610. The van der Waals surface area contributed by atoms with E-state index in [0.717, 1.165) is 13.0 Å².